The second kappa shape index (κ2) is 7.26. The van der Waals surface area contributed by atoms with Crippen LogP contribution in [0.25, 0.3) is 0 Å². The normalized spacial score (nSPS) is 20.4. The van der Waals surface area contributed by atoms with E-state index in [9.17, 15) is 4.79 Å². The van der Waals surface area contributed by atoms with E-state index in [1.807, 2.05) is 0 Å². The number of hydrogen-bond acceptors (Lipinski definition) is 4. The summed E-state index contributed by atoms with van der Waals surface area (Å²) in [5.41, 5.74) is 0.208. The van der Waals surface area contributed by atoms with Gasteiger partial charge in [0.2, 0.25) is 0 Å². The van der Waals surface area contributed by atoms with Crippen LogP contribution < -0.4 is 4.74 Å². The van der Waals surface area contributed by atoms with Gasteiger partial charge >= 0.3 is 5.97 Å². The first kappa shape index (κ1) is 14.8. The highest BCUT2D eigenvalue weighted by molar-refractivity contribution is 5.90. The van der Waals surface area contributed by atoms with Gasteiger partial charge in [0.05, 0.1) is 6.10 Å². The van der Waals surface area contributed by atoms with Crippen LogP contribution in [0.5, 0.6) is 5.75 Å². The van der Waals surface area contributed by atoms with E-state index in [0.717, 1.165) is 32.7 Å². The lowest BCUT2D eigenvalue weighted by Gasteiger charge is -2.21. The Labute approximate surface area is 119 Å². The fraction of sp³-hybridized carbons (Fsp3) is 0.533. The van der Waals surface area contributed by atoms with E-state index >= 15 is 0 Å². The van der Waals surface area contributed by atoms with Crippen LogP contribution in [0.3, 0.4) is 0 Å². The summed E-state index contributed by atoms with van der Waals surface area (Å²) in [6.07, 6.45) is 1.26. The minimum absolute atomic E-state index is 0.208. The molecule has 1 aromatic rings. The number of ether oxygens (including phenoxy) is 2. The Morgan fingerprint density at radius 2 is 2.30 bits per heavy atom. The maximum atomic E-state index is 11.1. The van der Waals surface area contributed by atoms with E-state index in [1.165, 1.54) is 0 Å². The molecule has 20 heavy (non-hydrogen) atoms. The van der Waals surface area contributed by atoms with Crippen molar-refractivity contribution in [1.29, 1.82) is 0 Å². The molecule has 0 amide bonds. The van der Waals surface area contributed by atoms with Gasteiger partial charge in [-0.3, -0.25) is 4.90 Å². The largest absolute Gasteiger partial charge is 0.491 e. The van der Waals surface area contributed by atoms with E-state index < -0.39 is 5.97 Å². The highest BCUT2D eigenvalue weighted by Crippen LogP contribution is 2.17. The molecule has 1 atom stereocenters. The number of para-hydroxylation sites is 1. The van der Waals surface area contributed by atoms with Gasteiger partial charge in [0.15, 0.2) is 0 Å². The van der Waals surface area contributed by atoms with Crippen LogP contribution in [-0.4, -0.2) is 54.9 Å². The summed E-state index contributed by atoms with van der Waals surface area (Å²) in [7, 11) is 0. The topological polar surface area (TPSA) is 59.0 Å². The summed E-state index contributed by atoms with van der Waals surface area (Å²) >= 11 is 0. The van der Waals surface area contributed by atoms with Gasteiger partial charge in [-0.05, 0) is 25.5 Å². The second-order valence-electron chi connectivity index (χ2n) is 4.99. The SMILES string of the molecule is C[C@@H]1CN(CCOc2ccccc2C(=O)O)CCCO1. The third-order valence-electron chi connectivity index (χ3n) is 3.32. The Hall–Kier alpha value is -1.59. The molecule has 1 fully saturated rings. The van der Waals surface area contributed by atoms with Gasteiger partial charge in [-0.2, -0.15) is 0 Å². The van der Waals surface area contributed by atoms with E-state index in [-0.39, 0.29) is 11.7 Å². The zero-order chi connectivity index (χ0) is 14.4. The quantitative estimate of drug-likeness (QED) is 0.891. The lowest BCUT2D eigenvalue weighted by molar-refractivity contribution is 0.0656. The molecule has 5 heteroatoms. The fourth-order valence-electron chi connectivity index (χ4n) is 2.34. The number of rotatable bonds is 5. The van der Waals surface area contributed by atoms with Gasteiger partial charge in [0.25, 0.3) is 0 Å². The molecular weight excluding hydrogens is 258 g/mol. The van der Waals surface area contributed by atoms with E-state index in [4.69, 9.17) is 14.6 Å². The van der Waals surface area contributed by atoms with Gasteiger partial charge in [0, 0.05) is 26.2 Å². The molecule has 1 heterocycles. The van der Waals surface area contributed by atoms with Crippen LogP contribution >= 0.6 is 0 Å². The third-order valence-corrected chi connectivity index (χ3v) is 3.32. The average Bonchev–Trinajstić information content (AvgIpc) is 2.63. The molecule has 0 spiro atoms. The molecule has 1 aliphatic rings. The van der Waals surface area contributed by atoms with Crippen molar-refractivity contribution in [2.45, 2.75) is 19.4 Å². The molecule has 0 aromatic heterocycles. The molecule has 0 unspecified atom stereocenters. The van der Waals surface area contributed by atoms with Gasteiger partial charge in [-0.25, -0.2) is 4.79 Å². The lowest BCUT2D eigenvalue weighted by Crippen LogP contribution is -2.33. The minimum atomic E-state index is -0.961. The monoisotopic (exact) mass is 279 g/mol. The minimum Gasteiger partial charge on any atom is -0.491 e. The van der Waals surface area contributed by atoms with E-state index in [1.54, 1.807) is 24.3 Å². The lowest BCUT2D eigenvalue weighted by atomic mass is 10.2. The van der Waals surface area contributed by atoms with Crippen molar-refractivity contribution in [2.75, 3.05) is 32.8 Å². The molecular formula is C15H21NO4. The number of carboxylic acids is 1. The number of aromatic carboxylic acids is 1. The summed E-state index contributed by atoms with van der Waals surface area (Å²) in [6.45, 7) is 6.02. The maximum absolute atomic E-state index is 11.1. The van der Waals surface area contributed by atoms with Crippen molar-refractivity contribution in [3.05, 3.63) is 29.8 Å². The van der Waals surface area contributed by atoms with Gasteiger partial charge < -0.3 is 14.6 Å². The molecule has 1 N–H and O–H groups in total. The van der Waals surface area contributed by atoms with Crippen LogP contribution in [0, 0.1) is 0 Å². The molecule has 110 valence electrons. The number of carboxylic acid groups (broad SMARTS) is 1. The summed E-state index contributed by atoms with van der Waals surface area (Å²) in [5, 5.41) is 9.08. The standard InChI is InChI=1S/C15H21NO4/c1-12-11-16(7-4-9-19-12)8-10-20-14-6-3-2-5-13(14)15(17)18/h2-3,5-6,12H,4,7-11H2,1H3,(H,17,18)/t12-/m1/s1. The Bertz CT molecular complexity index is 449. The molecule has 1 saturated heterocycles. The van der Waals surface area contributed by atoms with Crippen molar-refractivity contribution >= 4 is 5.97 Å². The molecule has 5 nitrogen and oxygen atoms in total. The first-order chi connectivity index (χ1) is 9.66. The molecule has 0 bridgehead atoms. The predicted molar refractivity (Wildman–Crippen MR) is 75.4 cm³/mol. The summed E-state index contributed by atoms with van der Waals surface area (Å²) < 4.78 is 11.2. The second-order valence-corrected chi connectivity index (χ2v) is 4.99. The number of nitrogens with zero attached hydrogens (tertiary/aromatic N) is 1. The third kappa shape index (κ3) is 4.21. The van der Waals surface area contributed by atoms with E-state index in [0.29, 0.717) is 12.4 Å². The summed E-state index contributed by atoms with van der Waals surface area (Å²) in [4.78, 5) is 13.4. The zero-order valence-electron chi connectivity index (χ0n) is 11.7. The Morgan fingerprint density at radius 1 is 1.50 bits per heavy atom. The smallest absolute Gasteiger partial charge is 0.339 e. The van der Waals surface area contributed by atoms with Crippen LogP contribution in [-0.2, 0) is 4.74 Å². The number of benzene rings is 1. The molecule has 2 rings (SSSR count). The Kier molecular flexibility index (Phi) is 5.38. The first-order valence-electron chi connectivity index (χ1n) is 6.96. The fourth-order valence-corrected chi connectivity index (χ4v) is 2.34. The van der Waals surface area contributed by atoms with Crippen molar-refractivity contribution in [3.63, 3.8) is 0 Å². The van der Waals surface area contributed by atoms with Gasteiger partial charge in [-0.1, -0.05) is 12.1 Å². The first-order valence-corrected chi connectivity index (χ1v) is 6.96. The summed E-state index contributed by atoms with van der Waals surface area (Å²) in [6, 6.07) is 6.73. The molecule has 0 saturated carbocycles. The summed E-state index contributed by atoms with van der Waals surface area (Å²) in [5.74, 6) is -0.531. The molecule has 0 aliphatic carbocycles. The van der Waals surface area contributed by atoms with Crippen molar-refractivity contribution in [2.24, 2.45) is 0 Å². The van der Waals surface area contributed by atoms with Crippen LogP contribution in [0.2, 0.25) is 0 Å². The van der Waals surface area contributed by atoms with E-state index in [2.05, 4.69) is 11.8 Å². The van der Waals surface area contributed by atoms with Crippen molar-refractivity contribution < 1.29 is 19.4 Å². The van der Waals surface area contributed by atoms with Gasteiger partial charge in [0.1, 0.15) is 17.9 Å². The maximum Gasteiger partial charge on any atom is 0.339 e. The number of hydrogen-bond donors (Lipinski definition) is 1. The Morgan fingerprint density at radius 3 is 3.10 bits per heavy atom. The average molecular weight is 279 g/mol. The van der Waals surface area contributed by atoms with Crippen molar-refractivity contribution in [3.8, 4) is 5.75 Å². The highest BCUT2D eigenvalue weighted by atomic mass is 16.5. The van der Waals surface area contributed by atoms with Crippen LogP contribution in [0.15, 0.2) is 24.3 Å². The van der Waals surface area contributed by atoms with Crippen LogP contribution in [0.4, 0.5) is 0 Å². The number of carbonyl (C=O) groups is 1. The van der Waals surface area contributed by atoms with Gasteiger partial charge in [-0.15, -0.1) is 0 Å². The zero-order valence-corrected chi connectivity index (χ0v) is 11.7. The highest BCUT2D eigenvalue weighted by Gasteiger charge is 2.15. The van der Waals surface area contributed by atoms with Crippen LogP contribution in [0.1, 0.15) is 23.7 Å². The van der Waals surface area contributed by atoms with Crippen molar-refractivity contribution in [1.82, 2.24) is 4.90 Å². The molecule has 1 aromatic carbocycles. The Balaban J connectivity index is 1.85. The molecule has 1 aliphatic heterocycles. The predicted octanol–water partition coefficient (Wildman–Crippen LogP) is 1.87. The molecule has 0 radical (unpaired) electrons.